The summed E-state index contributed by atoms with van der Waals surface area (Å²) < 4.78 is 4.66. The van der Waals surface area contributed by atoms with Gasteiger partial charge in [-0.2, -0.15) is 0 Å². The van der Waals surface area contributed by atoms with E-state index in [1.807, 2.05) is 0 Å². The van der Waals surface area contributed by atoms with Gasteiger partial charge in [-0.1, -0.05) is 72.1 Å². The molecule has 0 N–H and O–H groups in total. The minimum atomic E-state index is -0.0722. The highest BCUT2D eigenvalue weighted by Gasteiger charge is 2.06. The molecule has 19 heavy (non-hydrogen) atoms. The third-order valence-electron chi connectivity index (χ3n) is 3.80. The first kappa shape index (κ1) is 18.5. The van der Waals surface area contributed by atoms with Crippen molar-refractivity contribution in [1.29, 1.82) is 0 Å². The molecule has 0 rings (SSSR count). The number of methoxy groups -OCH3 is 1. The van der Waals surface area contributed by atoms with Crippen LogP contribution in [0.2, 0.25) is 0 Å². The van der Waals surface area contributed by atoms with Gasteiger partial charge in [0.25, 0.3) is 0 Å². The van der Waals surface area contributed by atoms with E-state index in [1.165, 1.54) is 58.5 Å². The third-order valence-corrected chi connectivity index (χ3v) is 3.80. The highest BCUT2D eigenvalue weighted by Crippen LogP contribution is 2.17. The standard InChI is InChI=1S/C17H34O2/c1-15(2)11-9-7-5-6-8-10-12-16(3)13-14-17(18)19-4/h15-16H,5-14H2,1-4H3. The molecule has 2 nitrogen and oxygen atoms in total. The minimum absolute atomic E-state index is 0.0722. The van der Waals surface area contributed by atoms with Gasteiger partial charge in [-0.05, 0) is 18.3 Å². The van der Waals surface area contributed by atoms with Gasteiger partial charge in [0.15, 0.2) is 0 Å². The number of carbonyl (C=O) groups excluding carboxylic acids is 1. The Labute approximate surface area is 120 Å². The van der Waals surface area contributed by atoms with Crippen molar-refractivity contribution in [3.05, 3.63) is 0 Å². The van der Waals surface area contributed by atoms with Crippen molar-refractivity contribution in [2.45, 2.75) is 85.0 Å². The molecule has 114 valence electrons. The molecule has 0 aliphatic rings. The Hall–Kier alpha value is -0.530. The maximum absolute atomic E-state index is 11.0. The van der Waals surface area contributed by atoms with Crippen LogP contribution in [0.4, 0.5) is 0 Å². The maximum atomic E-state index is 11.0. The molecule has 0 saturated carbocycles. The van der Waals surface area contributed by atoms with Gasteiger partial charge in [-0.3, -0.25) is 4.79 Å². The Bertz CT molecular complexity index is 211. The largest absolute Gasteiger partial charge is 0.469 e. The average Bonchev–Trinajstić information content (AvgIpc) is 2.38. The van der Waals surface area contributed by atoms with E-state index in [4.69, 9.17) is 0 Å². The molecule has 0 bridgehead atoms. The highest BCUT2D eigenvalue weighted by molar-refractivity contribution is 5.69. The third kappa shape index (κ3) is 13.7. The predicted molar refractivity (Wildman–Crippen MR) is 82.2 cm³/mol. The molecule has 0 aromatic carbocycles. The molecular weight excluding hydrogens is 236 g/mol. The first-order chi connectivity index (χ1) is 9.06. The van der Waals surface area contributed by atoms with Crippen molar-refractivity contribution in [3.63, 3.8) is 0 Å². The SMILES string of the molecule is COC(=O)CCC(C)CCCCCCCCC(C)C. The summed E-state index contributed by atoms with van der Waals surface area (Å²) in [4.78, 5) is 11.0. The first-order valence-electron chi connectivity index (χ1n) is 8.13. The lowest BCUT2D eigenvalue weighted by molar-refractivity contribution is -0.140. The van der Waals surface area contributed by atoms with Crippen molar-refractivity contribution in [1.82, 2.24) is 0 Å². The van der Waals surface area contributed by atoms with E-state index in [9.17, 15) is 4.79 Å². The summed E-state index contributed by atoms with van der Waals surface area (Å²) in [7, 11) is 1.46. The van der Waals surface area contributed by atoms with E-state index in [1.54, 1.807) is 0 Å². The predicted octanol–water partition coefficient (Wildman–Crippen LogP) is 5.35. The fourth-order valence-corrected chi connectivity index (χ4v) is 2.36. The summed E-state index contributed by atoms with van der Waals surface area (Å²) in [5.74, 6) is 1.44. The van der Waals surface area contributed by atoms with Gasteiger partial charge in [0.05, 0.1) is 7.11 Å². The summed E-state index contributed by atoms with van der Waals surface area (Å²) in [5, 5.41) is 0. The Balaban J connectivity index is 3.23. The monoisotopic (exact) mass is 270 g/mol. The molecule has 1 unspecified atom stereocenters. The zero-order valence-electron chi connectivity index (χ0n) is 13.5. The van der Waals surface area contributed by atoms with Crippen LogP contribution in [0, 0.1) is 11.8 Å². The van der Waals surface area contributed by atoms with Gasteiger partial charge < -0.3 is 4.74 Å². The van der Waals surface area contributed by atoms with E-state index in [0.717, 1.165) is 12.3 Å². The van der Waals surface area contributed by atoms with Gasteiger partial charge in [0.2, 0.25) is 0 Å². The lowest BCUT2D eigenvalue weighted by Gasteiger charge is -2.10. The molecule has 0 heterocycles. The zero-order chi connectivity index (χ0) is 14.5. The minimum Gasteiger partial charge on any atom is -0.469 e. The fourth-order valence-electron chi connectivity index (χ4n) is 2.36. The second-order valence-electron chi connectivity index (χ2n) is 6.31. The topological polar surface area (TPSA) is 26.3 Å². The van der Waals surface area contributed by atoms with Crippen LogP contribution in [0.25, 0.3) is 0 Å². The number of ether oxygens (including phenoxy) is 1. The Morgan fingerprint density at radius 3 is 1.89 bits per heavy atom. The average molecular weight is 270 g/mol. The number of hydrogen-bond acceptors (Lipinski definition) is 2. The van der Waals surface area contributed by atoms with Crippen molar-refractivity contribution < 1.29 is 9.53 Å². The second kappa shape index (κ2) is 12.5. The van der Waals surface area contributed by atoms with Crippen LogP contribution in [0.3, 0.4) is 0 Å². The molecule has 0 aliphatic carbocycles. The second-order valence-corrected chi connectivity index (χ2v) is 6.31. The normalized spacial score (nSPS) is 12.7. The fraction of sp³-hybridized carbons (Fsp3) is 0.941. The number of rotatable bonds is 12. The van der Waals surface area contributed by atoms with E-state index in [2.05, 4.69) is 25.5 Å². The highest BCUT2D eigenvalue weighted by atomic mass is 16.5. The Morgan fingerprint density at radius 1 is 0.842 bits per heavy atom. The summed E-state index contributed by atoms with van der Waals surface area (Å²) in [5.41, 5.74) is 0. The molecule has 0 amide bonds. The zero-order valence-corrected chi connectivity index (χ0v) is 13.5. The quantitative estimate of drug-likeness (QED) is 0.353. The summed E-state index contributed by atoms with van der Waals surface area (Å²) in [6.45, 7) is 6.84. The number of hydrogen-bond donors (Lipinski definition) is 0. The molecule has 2 heteroatoms. The number of esters is 1. The van der Waals surface area contributed by atoms with Crippen LogP contribution in [0.15, 0.2) is 0 Å². The van der Waals surface area contributed by atoms with E-state index < -0.39 is 0 Å². The molecule has 0 aromatic heterocycles. The molecule has 0 aliphatic heterocycles. The van der Waals surface area contributed by atoms with Gasteiger partial charge in [0, 0.05) is 6.42 Å². The van der Waals surface area contributed by atoms with Crippen LogP contribution in [0.1, 0.15) is 85.0 Å². The molecule has 0 aromatic rings. The summed E-state index contributed by atoms with van der Waals surface area (Å²) in [6.07, 6.45) is 12.4. The van der Waals surface area contributed by atoms with Crippen LogP contribution < -0.4 is 0 Å². The number of unbranched alkanes of at least 4 members (excludes halogenated alkanes) is 5. The lowest BCUT2D eigenvalue weighted by atomic mass is 9.97. The molecular formula is C17H34O2. The Kier molecular flexibility index (Phi) is 12.2. The number of carbonyl (C=O) groups is 1. The Morgan fingerprint density at radius 2 is 1.37 bits per heavy atom. The van der Waals surface area contributed by atoms with Crippen molar-refractivity contribution in [2.75, 3.05) is 7.11 Å². The molecule has 0 spiro atoms. The van der Waals surface area contributed by atoms with Gasteiger partial charge in [-0.25, -0.2) is 0 Å². The summed E-state index contributed by atoms with van der Waals surface area (Å²) >= 11 is 0. The summed E-state index contributed by atoms with van der Waals surface area (Å²) in [6, 6.07) is 0. The van der Waals surface area contributed by atoms with Gasteiger partial charge in [-0.15, -0.1) is 0 Å². The lowest BCUT2D eigenvalue weighted by Crippen LogP contribution is -2.04. The molecule has 0 saturated heterocycles. The maximum Gasteiger partial charge on any atom is 0.305 e. The van der Waals surface area contributed by atoms with E-state index in [0.29, 0.717) is 12.3 Å². The first-order valence-corrected chi connectivity index (χ1v) is 8.13. The van der Waals surface area contributed by atoms with Crippen LogP contribution in [0.5, 0.6) is 0 Å². The van der Waals surface area contributed by atoms with Crippen molar-refractivity contribution in [2.24, 2.45) is 11.8 Å². The van der Waals surface area contributed by atoms with Crippen LogP contribution in [-0.4, -0.2) is 13.1 Å². The van der Waals surface area contributed by atoms with E-state index >= 15 is 0 Å². The molecule has 0 fully saturated rings. The van der Waals surface area contributed by atoms with Crippen LogP contribution in [-0.2, 0) is 9.53 Å². The molecule has 0 radical (unpaired) electrons. The van der Waals surface area contributed by atoms with Gasteiger partial charge in [0.1, 0.15) is 0 Å². The smallest absolute Gasteiger partial charge is 0.305 e. The van der Waals surface area contributed by atoms with E-state index in [-0.39, 0.29) is 5.97 Å². The van der Waals surface area contributed by atoms with Crippen LogP contribution >= 0.6 is 0 Å². The van der Waals surface area contributed by atoms with Gasteiger partial charge >= 0.3 is 5.97 Å². The van der Waals surface area contributed by atoms with Crippen molar-refractivity contribution in [3.8, 4) is 0 Å². The van der Waals surface area contributed by atoms with Crippen molar-refractivity contribution >= 4 is 5.97 Å². The molecule has 1 atom stereocenters.